The van der Waals surface area contributed by atoms with E-state index < -0.39 is 0 Å². The average molecular weight is 243 g/mol. The highest BCUT2D eigenvalue weighted by atomic mass is 15.2. The molecule has 0 amide bonds. The summed E-state index contributed by atoms with van der Waals surface area (Å²) in [4.78, 5) is 6.64. The summed E-state index contributed by atoms with van der Waals surface area (Å²) in [7, 11) is 0. The molecule has 0 aromatic carbocycles. The second-order valence-electron chi connectivity index (χ2n) is 5.18. The molecular weight excluding hydrogens is 222 g/mol. The molecule has 0 aliphatic carbocycles. The number of pyridine rings is 1. The average Bonchev–Trinajstić information content (AvgIpc) is 2.47. The predicted molar refractivity (Wildman–Crippen MR) is 73.4 cm³/mol. The van der Waals surface area contributed by atoms with Gasteiger partial charge in [0.2, 0.25) is 0 Å². The largest absolute Gasteiger partial charge is 0.355 e. The van der Waals surface area contributed by atoms with Crippen molar-refractivity contribution in [3.05, 3.63) is 23.9 Å². The van der Waals surface area contributed by atoms with Gasteiger partial charge in [-0.05, 0) is 30.4 Å². The molecular formula is C15H21N3. The summed E-state index contributed by atoms with van der Waals surface area (Å²) in [6, 6.07) is 5.92. The van der Waals surface area contributed by atoms with Gasteiger partial charge in [-0.3, -0.25) is 0 Å². The second kappa shape index (κ2) is 5.39. The Morgan fingerprint density at radius 1 is 1.33 bits per heavy atom. The summed E-state index contributed by atoms with van der Waals surface area (Å²) >= 11 is 0. The van der Waals surface area contributed by atoms with Crippen LogP contribution in [0, 0.1) is 16.7 Å². The molecule has 0 unspecified atom stereocenters. The van der Waals surface area contributed by atoms with Crippen molar-refractivity contribution in [2.24, 2.45) is 5.41 Å². The lowest BCUT2D eigenvalue weighted by Crippen LogP contribution is -2.40. The fourth-order valence-electron chi connectivity index (χ4n) is 2.89. The van der Waals surface area contributed by atoms with Crippen LogP contribution in [0.1, 0.15) is 45.1 Å². The fourth-order valence-corrected chi connectivity index (χ4v) is 2.89. The smallest absolute Gasteiger partial charge is 0.146 e. The molecule has 0 N–H and O–H groups in total. The van der Waals surface area contributed by atoms with E-state index in [1.165, 1.54) is 25.7 Å². The molecule has 1 saturated heterocycles. The van der Waals surface area contributed by atoms with Crippen LogP contribution in [0.2, 0.25) is 0 Å². The van der Waals surface area contributed by atoms with E-state index in [0.29, 0.717) is 11.0 Å². The normalized spacial score (nSPS) is 18.4. The summed E-state index contributed by atoms with van der Waals surface area (Å²) in [6.07, 6.45) is 6.70. The highest BCUT2D eigenvalue weighted by Crippen LogP contribution is 2.39. The minimum atomic E-state index is 0.512. The van der Waals surface area contributed by atoms with Crippen molar-refractivity contribution in [3.63, 3.8) is 0 Å². The maximum atomic E-state index is 9.13. The number of aromatic nitrogens is 1. The summed E-state index contributed by atoms with van der Waals surface area (Å²) in [6.45, 7) is 6.63. The van der Waals surface area contributed by atoms with Gasteiger partial charge in [-0.2, -0.15) is 5.26 Å². The number of nitrogens with zero attached hydrogens (tertiary/aromatic N) is 3. The molecule has 0 spiro atoms. The maximum absolute atomic E-state index is 9.13. The zero-order valence-corrected chi connectivity index (χ0v) is 11.3. The van der Waals surface area contributed by atoms with Crippen molar-refractivity contribution in [2.75, 3.05) is 18.0 Å². The fraction of sp³-hybridized carbons (Fsp3) is 0.600. The van der Waals surface area contributed by atoms with Crippen molar-refractivity contribution in [1.29, 1.82) is 5.26 Å². The molecule has 0 bridgehead atoms. The van der Waals surface area contributed by atoms with Gasteiger partial charge in [0.25, 0.3) is 0 Å². The van der Waals surface area contributed by atoms with Crippen molar-refractivity contribution in [3.8, 4) is 6.07 Å². The molecule has 1 fully saturated rings. The van der Waals surface area contributed by atoms with E-state index in [1.807, 2.05) is 12.1 Å². The number of hydrogen-bond donors (Lipinski definition) is 0. The molecule has 3 heteroatoms. The van der Waals surface area contributed by atoms with Crippen LogP contribution >= 0.6 is 0 Å². The second-order valence-corrected chi connectivity index (χ2v) is 5.18. The maximum Gasteiger partial charge on any atom is 0.146 e. The Morgan fingerprint density at radius 2 is 2.00 bits per heavy atom. The van der Waals surface area contributed by atoms with Gasteiger partial charge in [-0.15, -0.1) is 0 Å². The van der Waals surface area contributed by atoms with E-state index in [2.05, 4.69) is 29.8 Å². The molecule has 0 atom stereocenters. The monoisotopic (exact) mass is 243 g/mol. The topological polar surface area (TPSA) is 39.9 Å². The Kier molecular flexibility index (Phi) is 3.86. The van der Waals surface area contributed by atoms with E-state index in [9.17, 15) is 0 Å². The Balaban J connectivity index is 2.13. The highest BCUT2D eigenvalue weighted by molar-refractivity contribution is 5.53. The van der Waals surface area contributed by atoms with Crippen LogP contribution in [0.4, 0.5) is 5.82 Å². The van der Waals surface area contributed by atoms with Gasteiger partial charge >= 0.3 is 0 Å². The van der Waals surface area contributed by atoms with Gasteiger partial charge in [0, 0.05) is 19.3 Å². The van der Waals surface area contributed by atoms with E-state index in [-0.39, 0.29) is 0 Å². The first kappa shape index (κ1) is 12.9. The lowest BCUT2D eigenvalue weighted by Gasteiger charge is -2.41. The zero-order chi connectivity index (χ0) is 13.0. The van der Waals surface area contributed by atoms with Gasteiger partial charge < -0.3 is 4.90 Å². The van der Waals surface area contributed by atoms with Crippen molar-refractivity contribution >= 4 is 5.82 Å². The van der Waals surface area contributed by atoms with Crippen LogP contribution in [-0.2, 0) is 0 Å². The van der Waals surface area contributed by atoms with Crippen LogP contribution < -0.4 is 4.90 Å². The summed E-state index contributed by atoms with van der Waals surface area (Å²) in [5.41, 5.74) is 1.20. The minimum Gasteiger partial charge on any atom is -0.355 e. The number of nitriles is 1. The van der Waals surface area contributed by atoms with E-state index in [4.69, 9.17) is 5.26 Å². The first-order chi connectivity index (χ1) is 8.74. The minimum absolute atomic E-state index is 0.512. The molecule has 1 aliphatic rings. The third-order valence-corrected chi connectivity index (χ3v) is 4.53. The third kappa shape index (κ3) is 2.33. The Hall–Kier alpha value is -1.56. The number of piperidine rings is 1. The van der Waals surface area contributed by atoms with Crippen LogP contribution in [0.25, 0.3) is 0 Å². The Labute approximate surface area is 109 Å². The summed E-state index contributed by atoms with van der Waals surface area (Å²) < 4.78 is 0. The molecule has 96 valence electrons. The van der Waals surface area contributed by atoms with Crippen molar-refractivity contribution < 1.29 is 0 Å². The van der Waals surface area contributed by atoms with Crippen LogP contribution in [-0.4, -0.2) is 18.1 Å². The number of anilines is 1. The third-order valence-electron chi connectivity index (χ3n) is 4.53. The lowest BCUT2D eigenvalue weighted by atomic mass is 9.74. The Bertz CT molecular complexity index is 433. The molecule has 3 nitrogen and oxygen atoms in total. The molecule has 0 radical (unpaired) electrons. The van der Waals surface area contributed by atoms with E-state index in [0.717, 1.165) is 18.9 Å². The van der Waals surface area contributed by atoms with Crippen LogP contribution in [0.3, 0.4) is 0 Å². The summed E-state index contributed by atoms with van der Waals surface area (Å²) in [5.74, 6) is 0.862. The quantitative estimate of drug-likeness (QED) is 0.817. The van der Waals surface area contributed by atoms with E-state index >= 15 is 0 Å². The SMILES string of the molecule is CCC1(CC)CCN(c2ncccc2C#N)CC1. The molecule has 0 saturated carbocycles. The van der Waals surface area contributed by atoms with Gasteiger partial charge in [0.1, 0.15) is 11.9 Å². The van der Waals surface area contributed by atoms with Gasteiger partial charge in [-0.1, -0.05) is 26.7 Å². The molecule has 1 aromatic heterocycles. The molecule has 2 heterocycles. The summed E-state index contributed by atoms with van der Waals surface area (Å²) in [5, 5.41) is 9.13. The highest BCUT2D eigenvalue weighted by Gasteiger charge is 2.32. The first-order valence-electron chi connectivity index (χ1n) is 6.85. The Morgan fingerprint density at radius 3 is 2.56 bits per heavy atom. The van der Waals surface area contributed by atoms with Gasteiger partial charge in [-0.25, -0.2) is 4.98 Å². The van der Waals surface area contributed by atoms with Crippen molar-refractivity contribution in [1.82, 2.24) is 4.98 Å². The number of hydrogen-bond acceptors (Lipinski definition) is 3. The van der Waals surface area contributed by atoms with Gasteiger partial charge in [0.15, 0.2) is 0 Å². The number of rotatable bonds is 3. The standard InChI is InChI=1S/C15H21N3/c1-3-15(4-2)7-10-18(11-8-15)14-13(12-16)6-5-9-17-14/h5-6,9H,3-4,7-8,10-11H2,1-2H3. The van der Waals surface area contributed by atoms with Crippen LogP contribution in [0.15, 0.2) is 18.3 Å². The zero-order valence-electron chi connectivity index (χ0n) is 11.3. The van der Waals surface area contributed by atoms with E-state index in [1.54, 1.807) is 6.20 Å². The first-order valence-corrected chi connectivity index (χ1v) is 6.85. The predicted octanol–water partition coefficient (Wildman–Crippen LogP) is 3.36. The molecule has 1 aliphatic heterocycles. The van der Waals surface area contributed by atoms with Crippen molar-refractivity contribution in [2.45, 2.75) is 39.5 Å². The van der Waals surface area contributed by atoms with Gasteiger partial charge in [0.05, 0.1) is 5.56 Å². The lowest BCUT2D eigenvalue weighted by molar-refractivity contribution is 0.199. The molecule has 2 rings (SSSR count). The molecule has 18 heavy (non-hydrogen) atoms. The van der Waals surface area contributed by atoms with Crippen LogP contribution in [0.5, 0.6) is 0 Å². The molecule has 1 aromatic rings.